The van der Waals surface area contributed by atoms with Crippen LogP contribution in [0, 0.1) is 0 Å². The van der Waals surface area contributed by atoms with Crippen molar-refractivity contribution in [2.24, 2.45) is 11.5 Å². The topological polar surface area (TPSA) is 162 Å². The summed E-state index contributed by atoms with van der Waals surface area (Å²) in [6, 6.07) is 8.27. The molecule has 0 bridgehead atoms. The van der Waals surface area contributed by atoms with Gasteiger partial charge in [0.25, 0.3) is 0 Å². The highest BCUT2D eigenvalue weighted by atomic mass is 16.7. The highest BCUT2D eigenvalue weighted by Crippen LogP contribution is 2.04. The molecular weight excluding hydrogens is 332 g/mol. The Bertz CT molecular complexity index is 522. The summed E-state index contributed by atoms with van der Waals surface area (Å²) in [4.78, 5) is 31.9. The minimum Gasteiger partial charge on any atom is -0.480 e. The molecule has 0 spiro atoms. The van der Waals surface area contributed by atoms with Crippen LogP contribution in [0.1, 0.15) is 24.8 Å². The van der Waals surface area contributed by atoms with E-state index < -0.39 is 30.7 Å². The van der Waals surface area contributed by atoms with Crippen LogP contribution in [-0.4, -0.2) is 47.5 Å². The molecule has 0 amide bonds. The number of carbonyl (C=O) groups excluding carboxylic acids is 2. The Morgan fingerprint density at radius 1 is 1.12 bits per heavy atom. The Morgan fingerprint density at radius 2 is 1.72 bits per heavy atom. The van der Waals surface area contributed by atoms with Gasteiger partial charge in [0.05, 0.1) is 0 Å². The SMILES string of the molecule is NCCCC[C@H](N)C(=O)OC(=O)OCc1ccccc1.O=C(O)CO. The van der Waals surface area contributed by atoms with E-state index >= 15 is 0 Å². The maximum absolute atomic E-state index is 11.5. The van der Waals surface area contributed by atoms with E-state index in [0.29, 0.717) is 19.4 Å². The summed E-state index contributed by atoms with van der Waals surface area (Å²) >= 11 is 0. The van der Waals surface area contributed by atoms with E-state index in [9.17, 15) is 9.59 Å². The van der Waals surface area contributed by atoms with Gasteiger partial charge in [-0.25, -0.2) is 14.4 Å². The van der Waals surface area contributed by atoms with Crippen molar-refractivity contribution in [2.45, 2.75) is 31.9 Å². The van der Waals surface area contributed by atoms with Crippen LogP contribution in [0.25, 0.3) is 0 Å². The van der Waals surface area contributed by atoms with Crippen LogP contribution in [0.2, 0.25) is 0 Å². The lowest BCUT2D eigenvalue weighted by atomic mass is 10.1. The highest BCUT2D eigenvalue weighted by molar-refractivity contribution is 5.85. The Balaban J connectivity index is 0.00000101. The predicted octanol–water partition coefficient (Wildman–Crippen LogP) is 0.386. The largest absolute Gasteiger partial charge is 0.516 e. The fourth-order valence-corrected chi connectivity index (χ4v) is 1.53. The first kappa shape index (κ1) is 22.5. The molecule has 0 radical (unpaired) electrons. The molecule has 1 aromatic carbocycles. The summed E-state index contributed by atoms with van der Waals surface area (Å²) in [5, 5.41) is 15.0. The third-order valence-corrected chi connectivity index (χ3v) is 2.79. The maximum atomic E-state index is 11.5. The van der Waals surface area contributed by atoms with Crippen molar-refractivity contribution >= 4 is 18.1 Å². The molecule has 140 valence electrons. The summed E-state index contributed by atoms with van der Waals surface area (Å²) < 4.78 is 9.33. The van der Waals surface area contributed by atoms with Crippen molar-refractivity contribution in [3.63, 3.8) is 0 Å². The smallest absolute Gasteiger partial charge is 0.480 e. The third kappa shape index (κ3) is 12.6. The molecule has 0 heterocycles. The lowest BCUT2D eigenvalue weighted by molar-refractivity contribution is -0.142. The van der Waals surface area contributed by atoms with Gasteiger partial charge >= 0.3 is 18.1 Å². The summed E-state index contributed by atoms with van der Waals surface area (Å²) in [6.07, 6.45) is 0.890. The number of carboxylic acids is 1. The van der Waals surface area contributed by atoms with Crippen LogP contribution in [0.5, 0.6) is 0 Å². The Kier molecular flexibility index (Phi) is 12.5. The molecule has 0 aliphatic rings. The van der Waals surface area contributed by atoms with E-state index in [-0.39, 0.29) is 6.61 Å². The number of nitrogens with two attached hydrogens (primary N) is 2. The maximum Gasteiger partial charge on any atom is 0.516 e. The van der Waals surface area contributed by atoms with E-state index in [1.807, 2.05) is 18.2 Å². The van der Waals surface area contributed by atoms with Crippen molar-refractivity contribution in [3.8, 4) is 0 Å². The highest BCUT2D eigenvalue weighted by Gasteiger charge is 2.19. The van der Waals surface area contributed by atoms with E-state index in [1.54, 1.807) is 12.1 Å². The van der Waals surface area contributed by atoms with Crippen LogP contribution in [0.3, 0.4) is 0 Å². The number of benzene rings is 1. The van der Waals surface area contributed by atoms with E-state index in [4.69, 9.17) is 31.2 Å². The lowest BCUT2D eigenvalue weighted by Crippen LogP contribution is -2.34. The molecule has 0 saturated carbocycles. The second-order valence-electron chi connectivity index (χ2n) is 4.89. The van der Waals surface area contributed by atoms with E-state index in [2.05, 4.69) is 4.74 Å². The van der Waals surface area contributed by atoms with Gasteiger partial charge in [0.1, 0.15) is 19.3 Å². The minimum absolute atomic E-state index is 0.0510. The predicted molar refractivity (Wildman–Crippen MR) is 88.3 cm³/mol. The molecule has 0 unspecified atom stereocenters. The molecule has 0 fully saturated rings. The van der Waals surface area contributed by atoms with Crippen LogP contribution in [0.15, 0.2) is 30.3 Å². The summed E-state index contributed by atoms with van der Waals surface area (Å²) in [7, 11) is 0. The van der Waals surface area contributed by atoms with Crippen molar-refractivity contribution in [3.05, 3.63) is 35.9 Å². The van der Waals surface area contributed by atoms with Crippen LogP contribution < -0.4 is 11.5 Å². The molecule has 0 aromatic heterocycles. The first-order valence-corrected chi connectivity index (χ1v) is 7.61. The zero-order valence-corrected chi connectivity index (χ0v) is 13.8. The summed E-state index contributed by atoms with van der Waals surface area (Å²) in [6.45, 7) is -0.184. The number of rotatable bonds is 8. The summed E-state index contributed by atoms with van der Waals surface area (Å²) in [5.41, 5.74) is 11.7. The van der Waals surface area contributed by atoms with Crippen LogP contribution in [-0.2, 0) is 25.7 Å². The lowest BCUT2D eigenvalue weighted by Gasteiger charge is -2.10. The standard InChI is InChI=1S/C14H20N2O4.C2H4O3/c15-9-5-4-8-12(16)13(17)20-14(18)19-10-11-6-2-1-3-7-11;3-1-2(4)5/h1-3,6-7,12H,4-5,8-10,15-16H2;3H,1H2,(H,4,5)/t12-;/m0./s1. The van der Waals surface area contributed by atoms with Gasteiger partial charge in [-0.1, -0.05) is 36.8 Å². The van der Waals surface area contributed by atoms with Crippen LogP contribution in [0.4, 0.5) is 4.79 Å². The first-order chi connectivity index (χ1) is 11.9. The number of hydrogen-bond donors (Lipinski definition) is 4. The molecule has 1 aromatic rings. The van der Waals surface area contributed by atoms with Gasteiger partial charge in [-0.3, -0.25) is 0 Å². The number of esters is 1. The van der Waals surface area contributed by atoms with Crippen molar-refractivity contribution in [1.29, 1.82) is 0 Å². The Hall–Kier alpha value is -2.49. The van der Waals surface area contributed by atoms with Gasteiger partial charge in [-0.2, -0.15) is 0 Å². The number of carbonyl (C=O) groups is 3. The second-order valence-corrected chi connectivity index (χ2v) is 4.89. The molecule has 0 aliphatic carbocycles. The first-order valence-electron chi connectivity index (χ1n) is 7.61. The van der Waals surface area contributed by atoms with Gasteiger partial charge in [-0.05, 0) is 24.9 Å². The molecule has 9 nitrogen and oxygen atoms in total. The average molecular weight is 356 g/mol. The third-order valence-electron chi connectivity index (χ3n) is 2.79. The Labute approximate surface area is 145 Å². The van der Waals surface area contributed by atoms with Crippen molar-refractivity contribution < 1.29 is 34.1 Å². The van der Waals surface area contributed by atoms with Crippen LogP contribution >= 0.6 is 0 Å². The molecule has 1 atom stereocenters. The van der Waals surface area contributed by atoms with Gasteiger partial charge in [-0.15, -0.1) is 0 Å². The van der Waals surface area contributed by atoms with Crippen molar-refractivity contribution in [1.82, 2.24) is 0 Å². The van der Waals surface area contributed by atoms with Gasteiger partial charge < -0.3 is 31.2 Å². The fourth-order valence-electron chi connectivity index (χ4n) is 1.53. The summed E-state index contributed by atoms with van der Waals surface area (Å²) in [5.74, 6) is -1.97. The average Bonchev–Trinajstić information content (AvgIpc) is 2.61. The number of aliphatic carboxylic acids is 1. The monoisotopic (exact) mass is 356 g/mol. The molecule has 9 heteroatoms. The molecule has 6 N–H and O–H groups in total. The molecule has 1 rings (SSSR count). The Morgan fingerprint density at radius 3 is 2.24 bits per heavy atom. The normalized spacial score (nSPS) is 10.8. The minimum atomic E-state index is -1.19. The molecular formula is C16H24N2O7. The van der Waals surface area contributed by atoms with Crippen molar-refractivity contribution in [2.75, 3.05) is 13.2 Å². The van der Waals surface area contributed by atoms with Gasteiger partial charge in [0, 0.05) is 0 Å². The second kappa shape index (κ2) is 13.9. The fraction of sp³-hybridized carbons (Fsp3) is 0.438. The molecule has 0 aliphatic heterocycles. The number of hydrogen-bond acceptors (Lipinski definition) is 8. The number of aliphatic hydroxyl groups excluding tert-OH is 1. The number of aliphatic hydroxyl groups is 1. The van der Waals surface area contributed by atoms with E-state index in [0.717, 1.165) is 12.0 Å². The number of carboxylic acid groups (broad SMARTS) is 1. The zero-order valence-electron chi connectivity index (χ0n) is 13.8. The number of ether oxygens (including phenoxy) is 2. The van der Waals surface area contributed by atoms with E-state index in [1.165, 1.54) is 0 Å². The van der Waals surface area contributed by atoms with Gasteiger partial charge in [0.15, 0.2) is 0 Å². The molecule has 25 heavy (non-hydrogen) atoms. The molecule has 0 saturated heterocycles. The number of unbranched alkanes of at least 4 members (excludes halogenated alkanes) is 1. The zero-order chi connectivity index (χ0) is 19.1. The quantitative estimate of drug-likeness (QED) is 0.293. The van der Waals surface area contributed by atoms with Gasteiger partial charge in [0.2, 0.25) is 0 Å².